The fourth-order valence-corrected chi connectivity index (χ4v) is 1.86. The third-order valence-corrected chi connectivity index (χ3v) is 2.71. The van der Waals surface area contributed by atoms with Crippen LogP contribution in [-0.4, -0.2) is 17.0 Å². The van der Waals surface area contributed by atoms with Gasteiger partial charge >= 0.3 is 0 Å². The highest BCUT2D eigenvalue weighted by atomic mass is 15.3. The molecule has 5 nitrogen and oxygen atoms in total. The van der Waals surface area contributed by atoms with Crippen LogP contribution in [0.15, 0.2) is 30.6 Å². The summed E-state index contributed by atoms with van der Waals surface area (Å²) in [6.07, 6.45) is 3.29. The van der Waals surface area contributed by atoms with E-state index in [1.807, 2.05) is 11.9 Å². The fraction of sp³-hybridized carbons (Fsp3) is 0.231. The van der Waals surface area contributed by atoms with Gasteiger partial charge < -0.3 is 10.3 Å². The zero-order valence-corrected chi connectivity index (χ0v) is 10.8. The number of aromatic nitrogens is 2. The monoisotopic (exact) mass is 243 g/mol. The number of hydrazine groups is 1. The van der Waals surface area contributed by atoms with Gasteiger partial charge in [-0.3, -0.25) is 4.98 Å². The van der Waals surface area contributed by atoms with Crippen LogP contribution in [-0.2, 0) is 0 Å². The molecule has 1 heterocycles. The molecular formula is C13H17N5. The lowest BCUT2D eigenvalue weighted by Crippen LogP contribution is -2.15. The van der Waals surface area contributed by atoms with Crippen molar-refractivity contribution in [2.75, 3.05) is 17.4 Å². The molecule has 0 bridgehead atoms. The van der Waals surface area contributed by atoms with Crippen molar-refractivity contribution < 1.29 is 0 Å². The number of nitrogens with zero attached hydrogens (tertiary/aromatic N) is 3. The van der Waals surface area contributed by atoms with Crippen LogP contribution < -0.4 is 16.2 Å². The molecule has 18 heavy (non-hydrogen) atoms. The van der Waals surface area contributed by atoms with Gasteiger partial charge in [0.1, 0.15) is 0 Å². The Hall–Kier alpha value is -2.14. The topological polar surface area (TPSA) is 67.1 Å². The summed E-state index contributed by atoms with van der Waals surface area (Å²) in [5, 5.41) is 0. The number of anilines is 3. The molecule has 5 heteroatoms. The van der Waals surface area contributed by atoms with E-state index in [0.29, 0.717) is 5.82 Å². The molecule has 0 unspecified atom stereocenters. The Labute approximate surface area is 107 Å². The number of aryl methyl sites for hydroxylation is 2. The van der Waals surface area contributed by atoms with Crippen LogP contribution in [0.1, 0.15) is 11.1 Å². The Morgan fingerprint density at radius 3 is 2.39 bits per heavy atom. The van der Waals surface area contributed by atoms with Crippen molar-refractivity contribution in [3.8, 4) is 0 Å². The van der Waals surface area contributed by atoms with Crippen molar-refractivity contribution in [1.82, 2.24) is 9.97 Å². The Balaban J connectivity index is 2.37. The Kier molecular flexibility index (Phi) is 3.43. The SMILES string of the molecule is Cc1cc(C)cc(N(C)c2cncc(NN)n2)c1. The van der Waals surface area contributed by atoms with Crippen LogP contribution in [0.4, 0.5) is 17.3 Å². The van der Waals surface area contributed by atoms with Crippen LogP contribution in [0.25, 0.3) is 0 Å². The predicted octanol–water partition coefficient (Wildman–Crippen LogP) is 2.15. The second-order valence-electron chi connectivity index (χ2n) is 4.31. The molecular weight excluding hydrogens is 226 g/mol. The number of nitrogens with one attached hydrogen (secondary N) is 1. The second-order valence-corrected chi connectivity index (χ2v) is 4.31. The molecule has 2 rings (SSSR count). The quantitative estimate of drug-likeness (QED) is 0.638. The highest BCUT2D eigenvalue weighted by molar-refractivity contribution is 5.61. The third kappa shape index (κ3) is 2.57. The predicted molar refractivity (Wildman–Crippen MR) is 73.8 cm³/mol. The maximum atomic E-state index is 5.33. The van der Waals surface area contributed by atoms with E-state index in [1.54, 1.807) is 12.4 Å². The Bertz CT molecular complexity index is 533. The Morgan fingerprint density at radius 2 is 1.78 bits per heavy atom. The van der Waals surface area contributed by atoms with E-state index in [0.717, 1.165) is 11.5 Å². The van der Waals surface area contributed by atoms with E-state index in [4.69, 9.17) is 5.84 Å². The van der Waals surface area contributed by atoms with Crippen LogP contribution in [0, 0.1) is 13.8 Å². The van der Waals surface area contributed by atoms with Crippen LogP contribution >= 0.6 is 0 Å². The van der Waals surface area contributed by atoms with Crippen LogP contribution in [0.2, 0.25) is 0 Å². The summed E-state index contributed by atoms with van der Waals surface area (Å²) in [6, 6.07) is 6.36. The van der Waals surface area contributed by atoms with Crippen molar-refractivity contribution in [1.29, 1.82) is 0 Å². The number of nitrogen functional groups attached to an aromatic ring is 1. The number of rotatable bonds is 3. The molecule has 0 saturated heterocycles. The van der Waals surface area contributed by atoms with Gasteiger partial charge in [-0.15, -0.1) is 0 Å². The first kappa shape index (κ1) is 12.3. The van der Waals surface area contributed by atoms with E-state index >= 15 is 0 Å². The van der Waals surface area contributed by atoms with E-state index < -0.39 is 0 Å². The molecule has 0 amide bonds. The summed E-state index contributed by atoms with van der Waals surface area (Å²) in [5.74, 6) is 6.63. The lowest BCUT2D eigenvalue weighted by atomic mass is 10.1. The maximum Gasteiger partial charge on any atom is 0.160 e. The highest BCUT2D eigenvalue weighted by Crippen LogP contribution is 2.24. The van der Waals surface area contributed by atoms with Gasteiger partial charge in [-0.1, -0.05) is 6.07 Å². The molecule has 1 aromatic heterocycles. The molecule has 1 aromatic carbocycles. The van der Waals surface area contributed by atoms with Gasteiger partial charge in [0.2, 0.25) is 0 Å². The lowest BCUT2D eigenvalue weighted by molar-refractivity contribution is 1.07. The average molecular weight is 243 g/mol. The molecule has 0 spiro atoms. The number of hydrogen-bond acceptors (Lipinski definition) is 5. The molecule has 0 aliphatic rings. The first-order valence-corrected chi connectivity index (χ1v) is 5.71. The van der Waals surface area contributed by atoms with Gasteiger partial charge in [0.15, 0.2) is 11.6 Å². The van der Waals surface area contributed by atoms with Gasteiger partial charge in [0.25, 0.3) is 0 Å². The lowest BCUT2D eigenvalue weighted by Gasteiger charge is -2.19. The zero-order chi connectivity index (χ0) is 13.1. The standard InChI is InChI=1S/C13H17N5/c1-9-4-10(2)6-11(5-9)18(3)13-8-15-7-12(16-13)17-14/h4-8H,14H2,1-3H3,(H,16,17). The fourth-order valence-electron chi connectivity index (χ4n) is 1.86. The number of nitrogens with two attached hydrogens (primary N) is 1. The van der Waals surface area contributed by atoms with E-state index in [9.17, 15) is 0 Å². The molecule has 0 fully saturated rings. The molecule has 0 saturated carbocycles. The third-order valence-electron chi connectivity index (χ3n) is 2.71. The van der Waals surface area contributed by atoms with E-state index in [-0.39, 0.29) is 0 Å². The largest absolute Gasteiger partial charge is 0.328 e. The maximum absolute atomic E-state index is 5.33. The van der Waals surface area contributed by atoms with Gasteiger partial charge in [-0.05, 0) is 37.1 Å². The van der Waals surface area contributed by atoms with Gasteiger partial charge in [-0.25, -0.2) is 10.8 Å². The molecule has 0 aliphatic heterocycles. The first-order valence-electron chi connectivity index (χ1n) is 5.71. The minimum absolute atomic E-state index is 0.545. The zero-order valence-electron chi connectivity index (χ0n) is 10.8. The smallest absolute Gasteiger partial charge is 0.160 e. The van der Waals surface area contributed by atoms with Gasteiger partial charge in [0, 0.05) is 12.7 Å². The molecule has 0 radical (unpaired) electrons. The normalized spacial score (nSPS) is 10.2. The molecule has 3 N–H and O–H groups in total. The van der Waals surface area contributed by atoms with Crippen molar-refractivity contribution in [3.63, 3.8) is 0 Å². The summed E-state index contributed by atoms with van der Waals surface area (Å²) in [5.41, 5.74) is 6.02. The van der Waals surface area contributed by atoms with Crippen molar-refractivity contribution in [2.24, 2.45) is 5.84 Å². The average Bonchev–Trinajstić information content (AvgIpc) is 2.37. The minimum atomic E-state index is 0.545. The van der Waals surface area contributed by atoms with Gasteiger partial charge in [-0.2, -0.15) is 0 Å². The van der Waals surface area contributed by atoms with Crippen LogP contribution in [0.5, 0.6) is 0 Å². The first-order chi connectivity index (χ1) is 8.60. The second kappa shape index (κ2) is 5.01. The summed E-state index contributed by atoms with van der Waals surface area (Å²) < 4.78 is 0. The summed E-state index contributed by atoms with van der Waals surface area (Å²) in [7, 11) is 1.96. The van der Waals surface area contributed by atoms with E-state index in [1.165, 1.54) is 11.1 Å². The number of benzene rings is 1. The van der Waals surface area contributed by atoms with E-state index in [2.05, 4.69) is 47.4 Å². The van der Waals surface area contributed by atoms with Crippen molar-refractivity contribution in [3.05, 3.63) is 41.7 Å². The van der Waals surface area contributed by atoms with Crippen molar-refractivity contribution >= 4 is 17.3 Å². The summed E-state index contributed by atoms with van der Waals surface area (Å²) in [6.45, 7) is 4.15. The van der Waals surface area contributed by atoms with Gasteiger partial charge in [0.05, 0.1) is 12.4 Å². The molecule has 0 aliphatic carbocycles. The molecule has 2 aromatic rings. The summed E-state index contributed by atoms with van der Waals surface area (Å²) in [4.78, 5) is 10.4. The minimum Gasteiger partial charge on any atom is -0.328 e. The molecule has 0 atom stereocenters. The summed E-state index contributed by atoms with van der Waals surface area (Å²) >= 11 is 0. The highest BCUT2D eigenvalue weighted by Gasteiger charge is 2.07. The van der Waals surface area contributed by atoms with Crippen molar-refractivity contribution in [2.45, 2.75) is 13.8 Å². The number of hydrogen-bond donors (Lipinski definition) is 2. The van der Waals surface area contributed by atoms with Crippen LogP contribution in [0.3, 0.4) is 0 Å². The molecule has 94 valence electrons. The Morgan fingerprint density at radius 1 is 1.11 bits per heavy atom.